The second kappa shape index (κ2) is 9.99. The lowest BCUT2D eigenvalue weighted by Crippen LogP contribution is -2.44. The number of anilines is 1. The topological polar surface area (TPSA) is 59.1 Å². The van der Waals surface area contributed by atoms with Gasteiger partial charge in [0, 0.05) is 29.2 Å². The van der Waals surface area contributed by atoms with E-state index in [0.29, 0.717) is 25.3 Å². The lowest BCUT2D eigenvalue weighted by atomic mass is 9.65. The SMILES string of the molecule is COc1ccc(CN2C(=O)C3(CCC3)c3cc(C(=O)/C=C(\SC)N4CCOCC4)cc(Br)c32)cc1. The molecule has 3 aliphatic rings. The first kappa shape index (κ1) is 24.4. The Balaban J connectivity index is 1.48. The summed E-state index contributed by atoms with van der Waals surface area (Å²) < 4.78 is 11.5. The highest BCUT2D eigenvalue weighted by Crippen LogP contribution is 2.56. The molecular formula is C27H29BrN2O4S. The number of carbonyl (C=O) groups is 2. The Morgan fingerprint density at radius 1 is 1.20 bits per heavy atom. The molecule has 1 amide bonds. The predicted molar refractivity (Wildman–Crippen MR) is 142 cm³/mol. The summed E-state index contributed by atoms with van der Waals surface area (Å²) >= 11 is 5.29. The van der Waals surface area contributed by atoms with Crippen LogP contribution in [0.2, 0.25) is 0 Å². The third kappa shape index (κ3) is 4.41. The Hall–Kier alpha value is -2.29. The van der Waals surface area contributed by atoms with E-state index in [0.717, 1.165) is 64.4 Å². The van der Waals surface area contributed by atoms with E-state index >= 15 is 0 Å². The summed E-state index contributed by atoms with van der Waals surface area (Å²) in [6, 6.07) is 11.6. The lowest BCUT2D eigenvalue weighted by molar-refractivity contribution is -0.126. The molecule has 0 aromatic heterocycles. The third-order valence-electron chi connectivity index (χ3n) is 7.28. The molecule has 1 saturated carbocycles. The van der Waals surface area contributed by atoms with E-state index in [-0.39, 0.29) is 11.7 Å². The molecule has 6 nitrogen and oxygen atoms in total. The summed E-state index contributed by atoms with van der Waals surface area (Å²) in [6.45, 7) is 3.39. The Bertz CT molecular complexity index is 1170. The number of thioether (sulfide) groups is 1. The van der Waals surface area contributed by atoms with Gasteiger partial charge in [-0.25, -0.2) is 0 Å². The molecule has 1 aliphatic carbocycles. The van der Waals surface area contributed by atoms with E-state index in [9.17, 15) is 9.59 Å². The highest BCUT2D eigenvalue weighted by molar-refractivity contribution is 9.10. The van der Waals surface area contributed by atoms with Crippen LogP contribution in [0.4, 0.5) is 5.69 Å². The van der Waals surface area contributed by atoms with Crippen molar-refractivity contribution in [3.05, 3.63) is 68.7 Å². The third-order valence-corrected chi connectivity index (χ3v) is 8.68. The normalized spacial score (nSPS) is 19.1. The number of amides is 1. The van der Waals surface area contributed by atoms with Crippen molar-refractivity contribution in [3.8, 4) is 5.75 Å². The average molecular weight is 558 g/mol. The molecule has 2 fully saturated rings. The molecular weight excluding hydrogens is 528 g/mol. The molecule has 8 heteroatoms. The van der Waals surface area contributed by atoms with Crippen LogP contribution in [0.5, 0.6) is 5.75 Å². The summed E-state index contributed by atoms with van der Waals surface area (Å²) in [5, 5.41) is 0.950. The maximum atomic E-state index is 13.7. The van der Waals surface area contributed by atoms with Crippen LogP contribution in [0.1, 0.15) is 40.7 Å². The van der Waals surface area contributed by atoms with E-state index in [4.69, 9.17) is 9.47 Å². The van der Waals surface area contributed by atoms with Gasteiger partial charge in [0.1, 0.15) is 5.75 Å². The van der Waals surface area contributed by atoms with Crippen LogP contribution in [-0.2, 0) is 21.5 Å². The van der Waals surface area contributed by atoms with Crippen molar-refractivity contribution < 1.29 is 19.1 Å². The smallest absolute Gasteiger partial charge is 0.238 e. The summed E-state index contributed by atoms with van der Waals surface area (Å²) in [5.41, 5.74) is 3.00. The minimum absolute atomic E-state index is 0.0418. The van der Waals surface area contributed by atoms with E-state index in [1.54, 1.807) is 24.9 Å². The summed E-state index contributed by atoms with van der Waals surface area (Å²) in [7, 11) is 1.64. The number of rotatable bonds is 7. The van der Waals surface area contributed by atoms with E-state index < -0.39 is 5.41 Å². The van der Waals surface area contributed by atoms with Crippen LogP contribution < -0.4 is 9.64 Å². The molecule has 35 heavy (non-hydrogen) atoms. The minimum atomic E-state index is -0.517. The van der Waals surface area contributed by atoms with Gasteiger partial charge in [0.2, 0.25) is 5.91 Å². The van der Waals surface area contributed by atoms with Crippen molar-refractivity contribution >= 4 is 45.1 Å². The molecule has 1 spiro atoms. The zero-order valence-corrected chi connectivity index (χ0v) is 22.4. The van der Waals surface area contributed by atoms with Crippen molar-refractivity contribution in [3.63, 3.8) is 0 Å². The van der Waals surface area contributed by atoms with Crippen LogP contribution in [0.3, 0.4) is 0 Å². The second-order valence-electron chi connectivity index (χ2n) is 9.18. The van der Waals surface area contributed by atoms with Crippen molar-refractivity contribution in [1.82, 2.24) is 4.90 Å². The first-order chi connectivity index (χ1) is 17.0. The number of carbonyl (C=O) groups excluding carboxylic acids is 2. The Morgan fingerprint density at radius 2 is 1.91 bits per heavy atom. The molecule has 0 atom stereocenters. The number of ketones is 1. The number of hydrogen-bond acceptors (Lipinski definition) is 6. The minimum Gasteiger partial charge on any atom is -0.497 e. The molecule has 2 aromatic rings. The van der Waals surface area contributed by atoms with Crippen molar-refractivity contribution in [2.45, 2.75) is 31.2 Å². The monoisotopic (exact) mass is 556 g/mol. The van der Waals surface area contributed by atoms with Gasteiger partial charge in [-0.1, -0.05) is 18.6 Å². The molecule has 184 valence electrons. The van der Waals surface area contributed by atoms with Gasteiger partial charge >= 0.3 is 0 Å². The molecule has 2 aromatic carbocycles. The maximum absolute atomic E-state index is 13.7. The quantitative estimate of drug-likeness (QED) is 0.347. The molecule has 2 aliphatic heterocycles. The van der Waals surface area contributed by atoms with Crippen molar-refractivity contribution in [1.29, 1.82) is 0 Å². The molecule has 0 N–H and O–H groups in total. The number of fused-ring (bicyclic) bond motifs is 2. The fraction of sp³-hybridized carbons (Fsp3) is 0.407. The van der Waals surface area contributed by atoms with E-state index in [2.05, 4.69) is 20.8 Å². The number of ether oxygens (including phenoxy) is 2. The van der Waals surface area contributed by atoms with Crippen molar-refractivity contribution in [2.75, 3.05) is 44.6 Å². The molecule has 0 bridgehead atoms. The van der Waals surface area contributed by atoms with Gasteiger partial charge in [-0.3, -0.25) is 9.59 Å². The highest BCUT2D eigenvalue weighted by atomic mass is 79.9. The molecule has 5 rings (SSSR count). The summed E-state index contributed by atoms with van der Waals surface area (Å²) in [5.74, 6) is 0.879. The van der Waals surface area contributed by atoms with Gasteiger partial charge in [-0.2, -0.15) is 0 Å². The second-order valence-corrected chi connectivity index (χ2v) is 10.9. The first-order valence-electron chi connectivity index (χ1n) is 11.9. The van der Waals surface area contributed by atoms with Crippen LogP contribution in [-0.4, -0.2) is 56.3 Å². The molecule has 1 saturated heterocycles. The van der Waals surface area contributed by atoms with Crippen LogP contribution in [0, 0.1) is 0 Å². The van der Waals surface area contributed by atoms with E-state index in [1.165, 1.54) is 0 Å². The van der Waals surface area contributed by atoms with Gasteiger partial charge in [0.25, 0.3) is 0 Å². The lowest BCUT2D eigenvalue weighted by Gasteiger charge is -2.37. The Morgan fingerprint density at radius 3 is 2.51 bits per heavy atom. The summed E-state index contributed by atoms with van der Waals surface area (Å²) in [4.78, 5) is 31.2. The van der Waals surface area contributed by atoms with Gasteiger partial charge in [-0.05, 0) is 70.4 Å². The Kier molecular flexibility index (Phi) is 6.97. The van der Waals surface area contributed by atoms with Gasteiger partial charge in [0.05, 0.1) is 43.0 Å². The largest absolute Gasteiger partial charge is 0.497 e. The fourth-order valence-electron chi connectivity index (χ4n) is 5.19. The van der Waals surface area contributed by atoms with Crippen LogP contribution in [0.25, 0.3) is 0 Å². The standard InChI is InChI=1S/C27H29BrN2O4S/c1-33-20-6-4-18(5-7-20)17-30-25-21(27(26(30)32)8-3-9-27)14-19(15-22(25)28)23(31)16-24(35-2)29-10-12-34-13-11-29/h4-7,14-16H,3,8-13,17H2,1-2H3/b24-16-. The zero-order valence-electron chi connectivity index (χ0n) is 20.0. The Labute approximate surface area is 218 Å². The van der Waals surface area contributed by atoms with E-state index in [1.807, 2.05) is 47.6 Å². The van der Waals surface area contributed by atoms with Crippen LogP contribution >= 0.6 is 27.7 Å². The number of morpholine rings is 1. The predicted octanol–water partition coefficient (Wildman–Crippen LogP) is 5.15. The van der Waals surface area contributed by atoms with Crippen molar-refractivity contribution in [2.24, 2.45) is 0 Å². The first-order valence-corrected chi connectivity index (χ1v) is 13.9. The number of nitrogens with zero attached hydrogens (tertiary/aromatic N) is 2. The number of allylic oxidation sites excluding steroid dienone is 1. The van der Waals surface area contributed by atoms with Crippen LogP contribution in [0.15, 0.2) is 52.0 Å². The van der Waals surface area contributed by atoms with Gasteiger partial charge in [-0.15, -0.1) is 11.8 Å². The number of methoxy groups -OCH3 is 1. The van der Waals surface area contributed by atoms with Gasteiger partial charge < -0.3 is 19.3 Å². The zero-order chi connectivity index (χ0) is 24.6. The molecule has 2 heterocycles. The summed E-state index contributed by atoms with van der Waals surface area (Å²) in [6.07, 6.45) is 6.38. The molecule has 0 radical (unpaired) electrons. The maximum Gasteiger partial charge on any atom is 0.238 e. The highest BCUT2D eigenvalue weighted by Gasteiger charge is 2.55. The number of hydrogen-bond donors (Lipinski definition) is 0. The fourth-order valence-corrected chi connectivity index (χ4v) is 6.53. The average Bonchev–Trinajstić information content (AvgIpc) is 3.11. The molecule has 0 unspecified atom stereocenters. The number of halogens is 1. The van der Waals surface area contributed by atoms with Gasteiger partial charge in [0.15, 0.2) is 5.78 Å². The number of benzene rings is 2.